The zero-order valence-electron chi connectivity index (χ0n) is 9.15. The lowest BCUT2D eigenvalue weighted by Gasteiger charge is -2.29. The highest BCUT2D eigenvalue weighted by atomic mass is 79.9. The number of rotatable bonds is 3. The van der Waals surface area contributed by atoms with Crippen molar-refractivity contribution in [3.8, 4) is 0 Å². The van der Waals surface area contributed by atoms with Gasteiger partial charge in [0.15, 0.2) is 5.78 Å². The molecule has 0 saturated carbocycles. The van der Waals surface area contributed by atoms with Crippen LogP contribution in [0.1, 0.15) is 33.1 Å². The lowest BCUT2D eigenvalue weighted by molar-refractivity contribution is 0.0974. The molecule has 0 fully saturated rings. The van der Waals surface area contributed by atoms with Crippen LogP contribution < -0.4 is 0 Å². The lowest BCUT2D eigenvalue weighted by atomic mass is 9.75. The standard InChI is InChI=1S/C14H11BrOS/c15-14-6-5-13(17-14)12(16)8-10-7-9-3-1-2-4-11(9)10/h1-6,10H,7-8H2. The Morgan fingerprint density at radius 3 is 2.82 bits per heavy atom. The van der Waals surface area contributed by atoms with E-state index in [2.05, 4.69) is 40.2 Å². The van der Waals surface area contributed by atoms with Crippen molar-refractivity contribution >= 4 is 33.0 Å². The number of halogens is 1. The molecule has 0 N–H and O–H groups in total. The van der Waals surface area contributed by atoms with E-state index in [0.29, 0.717) is 12.3 Å². The molecule has 17 heavy (non-hydrogen) atoms. The summed E-state index contributed by atoms with van der Waals surface area (Å²) in [4.78, 5) is 12.9. The molecular weight excluding hydrogens is 296 g/mol. The van der Waals surface area contributed by atoms with Crippen LogP contribution in [0.5, 0.6) is 0 Å². The second-order valence-electron chi connectivity index (χ2n) is 4.33. The van der Waals surface area contributed by atoms with Gasteiger partial charge in [-0.1, -0.05) is 24.3 Å². The van der Waals surface area contributed by atoms with E-state index in [-0.39, 0.29) is 5.78 Å². The largest absolute Gasteiger partial charge is 0.293 e. The SMILES string of the molecule is O=C(CC1Cc2ccccc21)c1ccc(Br)s1. The number of hydrogen-bond acceptors (Lipinski definition) is 2. The number of Topliss-reactive ketones (excluding diaryl/α,β-unsaturated/α-hetero) is 1. The summed E-state index contributed by atoms with van der Waals surface area (Å²) in [7, 11) is 0. The molecule has 1 aliphatic rings. The Labute approximate surface area is 113 Å². The van der Waals surface area contributed by atoms with Gasteiger partial charge in [0.1, 0.15) is 0 Å². The number of carbonyl (C=O) groups excluding carboxylic acids is 1. The topological polar surface area (TPSA) is 17.1 Å². The maximum atomic E-state index is 12.1. The van der Waals surface area contributed by atoms with Crippen molar-refractivity contribution in [2.24, 2.45) is 0 Å². The predicted octanol–water partition coefficient (Wildman–Crippen LogP) is 4.42. The molecular formula is C14H11BrOS. The summed E-state index contributed by atoms with van der Waals surface area (Å²) >= 11 is 4.91. The van der Waals surface area contributed by atoms with Gasteiger partial charge in [-0.2, -0.15) is 0 Å². The monoisotopic (exact) mass is 306 g/mol. The normalized spacial score (nSPS) is 17.4. The molecule has 1 nitrogen and oxygen atoms in total. The number of benzene rings is 1. The fourth-order valence-corrected chi connectivity index (χ4v) is 3.67. The molecule has 0 aliphatic heterocycles. The predicted molar refractivity (Wildman–Crippen MR) is 73.9 cm³/mol. The van der Waals surface area contributed by atoms with Gasteiger partial charge in [-0.15, -0.1) is 11.3 Å². The van der Waals surface area contributed by atoms with Gasteiger partial charge in [0, 0.05) is 6.42 Å². The minimum atomic E-state index is 0.264. The van der Waals surface area contributed by atoms with Crippen LogP contribution in [0.4, 0.5) is 0 Å². The summed E-state index contributed by atoms with van der Waals surface area (Å²) in [6.07, 6.45) is 1.69. The van der Waals surface area contributed by atoms with Gasteiger partial charge in [0.2, 0.25) is 0 Å². The van der Waals surface area contributed by atoms with Crippen molar-refractivity contribution < 1.29 is 4.79 Å². The molecule has 1 aromatic heterocycles. The minimum absolute atomic E-state index is 0.264. The number of hydrogen-bond donors (Lipinski definition) is 0. The summed E-state index contributed by atoms with van der Waals surface area (Å²) < 4.78 is 1.02. The molecule has 3 rings (SSSR count). The molecule has 0 spiro atoms. The highest BCUT2D eigenvalue weighted by Crippen LogP contribution is 2.38. The Kier molecular flexibility index (Phi) is 2.89. The molecule has 0 bridgehead atoms. The first-order chi connectivity index (χ1) is 8.24. The van der Waals surface area contributed by atoms with Crippen LogP contribution in [0.25, 0.3) is 0 Å². The first-order valence-electron chi connectivity index (χ1n) is 5.60. The molecule has 1 unspecified atom stereocenters. The van der Waals surface area contributed by atoms with Crippen LogP contribution in [0, 0.1) is 0 Å². The average Bonchev–Trinajstić information content (AvgIpc) is 2.73. The van der Waals surface area contributed by atoms with E-state index in [1.165, 1.54) is 22.5 Å². The van der Waals surface area contributed by atoms with Gasteiger partial charge in [0.05, 0.1) is 8.66 Å². The second-order valence-corrected chi connectivity index (χ2v) is 6.79. The van der Waals surface area contributed by atoms with E-state index < -0.39 is 0 Å². The highest BCUT2D eigenvalue weighted by molar-refractivity contribution is 9.11. The minimum Gasteiger partial charge on any atom is -0.293 e. The third kappa shape index (κ3) is 2.09. The van der Waals surface area contributed by atoms with E-state index in [4.69, 9.17) is 0 Å². The van der Waals surface area contributed by atoms with Crippen LogP contribution >= 0.6 is 27.3 Å². The Morgan fingerprint density at radius 1 is 1.29 bits per heavy atom. The molecule has 1 atom stereocenters. The van der Waals surface area contributed by atoms with Crippen molar-refractivity contribution in [3.63, 3.8) is 0 Å². The summed E-state index contributed by atoms with van der Waals surface area (Å²) in [5, 5.41) is 0. The van der Waals surface area contributed by atoms with E-state index in [1.54, 1.807) is 0 Å². The molecule has 1 heterocycles. The zero-order valence-corrected chi connectivity index (χ0v) is 11.6. The third-order valence-electron chi connectivity index (χ3n) is 3.24. The smallest absolute Gasteiger partial charge is 0.173 e. The maximum absolute atomic E-state index is 12.1. The highest BCUT2D eigenvalue weighted by Gasteiger charge is 2.28. The Balaban J connectivity index is 1.72. The maximum Gasteiger partial charge on any atom is 0.173 e. The van der Waals surface area contributed by atoms with Gasteiger partial charge in [0.25, 0.3) is 0 Å². The van der Waals surface area contributed by atoms with Crippen LogP contribution in [0.15, 0.2) is 40.2 Å². The zero-order chi connectivity index (χ0) is 11.8. The lowest BCUT2D eigenvalue weighted by Crippen LogP contribution is -2.19. The van der Waals surface area contributed by atoms with Crippen molar-refractivity contribution in [1.82, 2.24) is 0 Å². The van der Waals surface area contributed by atoms with E-state index in [1.807, 2.05) is 12.1 Å². The number of thiophene rings is 1. The summed E-state index contributed by atoms with van der Waals surface area (Å²) in [5.41, 5.74) is 2.76. The van der Waals surface area contributed by atoms with Gasteiger partial charge in [-0.05, 0) is 51.5 Å². The van der Waals surface area contributed by atoms with E-state index in [9.17, 15) is 4.79 Å². The van der Waals surface area contributed by atoms with Crippen molar-refractivity contribution in [3.05, 3.63) is 56.2 Å². The average molecular weight is 307 g/mol. The molecule has 86 valence electrons. The fraction of sp³-hybridized carbons (Fsp3) is 0.214. The first-order valence-corrected chi connectivity index (χ1v) is 7.21. The number of fused-ring (bicyclic) bond motifs is 1. The summed E-state index contributed by atoms with van der Waals surface area (Å²) in [6.45, 7) is 0. The van der Waals surface area contributed by atoms with Crippen LogP contribution in [0.2, 0.25) is 0 Å². The first kappa shape index (κ1) is 11.2. The Morgan fingerprint density at radius 2 is 2.12 bits per heavy atom. The van der Waals surface area contributed by atoms with Gasteiger partial charge < -0.3 is 0 Å². The van der Waals surface area contributed by atoms with Gasteiger partial charge in [-0.25, -0.2) is 0 Å². The van der Waals surface area contributed by atoms with Gasteiger partial charge >= 0.3 is 0 Å². The fourth-order valence-electron chi connectivity index (χ4n) is 2.33. The van der Waals surface area contributed by atoms with Crippen LogP contribution in [-0.2, 0) is 6.42 Å². The molecule has 1 aliphatic carbocycles. The molecule has 0 saturated heterocycles. The van der Waals surface area contributed by atoms with E-state index >= 15 is 0 Å². The van der Waals surface area contributed by atoms with Crippen molar-refractivity contribution in [2.75, 3.05) is 0 Å². The number of carbonyl (C=O) groups is 1. The molecule has 0 radical (unpaired) electrons. The molecule has 1 aromatic carbocycles. The van der Waals surface area contributed by atoms with E-state index in [0.717, 1.165) is 15.1 Å². The Hall–Kier alpha value is -0.930. The molecule has 3 heteroatoms. The molecule has 0 amide bonds. The summed E-state index contributed by atoms with van der Waals surface area (Å²) in [5.74, 6) is 0.694. The Bertz CT molecular complexity index is 573. The second kappa shape index (κ2) is 4.39. The van der Waals surface area contributed by atoms with Gasteiger partial charge in [-0.3, -0.25) is 4.79 Å². The quantitative estimate of drug-likeness (QED) is 0.767. The summed E-state index contributed by atoms with van der Waals surface area (Å²) in [6, 6.07) is 12.2. The molecule has 2 aromatic rings. The third-order valence-corrected chi connectivity index (χ3v) is 4.91. The number of ketones is 1. The van der Waals surface area contributed by atoms with Crippen LogP contribution in [0.3, 0.4) is 0 Å². The van der Waals surface area contributed by atoms with Crippen molar-refractivity contribution in [1.29, 1.82) is 0 Å². The van der Waals surface area contributed by atoms with Crippen molar-refractivity contribution in [2.45, 2.75) is 18.8 Å². The van der Waals surface area contributed by atoms with Crippen LogP contribution in [-0.4, -0.2) is 5.78 Å².